The molecule has 0 bridgehead atoms. The van der Waals surface area contributed by atoms with Crippen molar-refractivity contribution in [2.75, 3.05) is 0 Å². The van der Waals surface area contributed by atoms with E-state index >= 15 is 0 Å². The van der Waals surface area contributed by atoms with Crippen molar-refractivity contribution in [1.82, 2.24) is 18.3 Å². The van der Waals surface area contributed by atoms with Gasteiger partial charge in [0.05, 0.1) is 0 Å². The van der Waals surface area contributed by atoms with E-state index in [4.69, 9.17) is 0 Å². The summed E-state index contributed by atoms with van der Waals surface area (Å²) >= 11 is 0. The molecule has 0 amide bonds. The first-order valence-electron chi connectivity index (χ1n) is 8.50. The fourth-order valence-electron chi connectivity index (χ4n) is 3.27. The summed E-state index contributed by atoms with van der Waals surface area (Å²) in [6.45, 7) is 0. The van der Waals surface area contributed by atoms with E-state index in [0.29, 0.717) is 0 Å². The number of hydrogen-bond acceptors (Lipinski definition) is 2. The number of halogens is 8. The van der Waals surface area contributed by atoms with Gasteiger partial charge in [-0.25, -0.2) is 44.7 Å². The monoisotopic (exact) mass is 468 g/mol. The van der Waals surface area contributed by atoms with Crippen LogP contribution in [0.25, 0.3) is 22.1 Å². The fourth-order valence-corrected chi connectivity index (χ4v) is 3.27. The second kappa shape index (κ2) is 7.53. The molecular weight excluding hydrogens is 456 g/mol. The molecule has 14 heteroatoms. The van der Waals surface area contributed by atoms with Crippen LogP contribution in [0.15, 0.2) is 9.59 Å². The van der Waals surface area contributed by atoms with Gasteiger partial charge in [-0.3, -0.25) is 18.3 Å². The van der Waals surface area contributed by atoms with Crippen LogP contribution in [0.4, 0.5) is 35.1 Å². The molecule has 172 valence electrons. The average Bonchev–Trinajstić information content (AvgIpc) is 3.13. The van der Waals surface area contributed by atoms with E-state index < -0.39 is 80.0 Å². The van der Waals surface area contributed by atoms with E-state index in [-0.39, 0.29) is 0 Å². The highest BCUT2D eigenvalue weighted by molar-refractivity contribution is 5.78. The number of rotatable bonds is 0. The summed E-state index contributed by atoms with van der Waals surface area (Å²) in [5.41, 5.74) is -3.91. The Morgan fingerprint density at radius 3 is 0.688 bits per heavy atom. The number of fused-ring (bicyclic) bond motifs is 2. The van der Waals surface area contributed by atoms with Gasteiger partial charge in [-0.05, 0) is 0 Å². The number of aryl methyl sites for hydroxylation is 4. The van der Waals surface area contributed by atoms with Crippen molar-refractivity contribution < 1.29 is 35.1 Å². The average molecular weight is 468 g/mol. The zero-order valence-corrected chi connectivity index (χ0v) is 16.6. The summed E-state index contributed by atoms with van der Waals surface area (Å²) in [5.74, 6) is -14.0. The van der Waals surface area contributed by atoms with Gasteiger partial charge in [-0.2, -0.15) is 0 Å². The summed E-state index contributed by atoms with van der Waals surface area (Å²) in [4.78, 5) is 22.7. The Bertz CT molecular complexity index is 1320. The van der Waals surface area contributed by atoms with Crippen LogP contribution in [-0.4, -0.2) is 18.3 Å². The van der Waals surface area contributed by atoms with Gasteiger partial charge in [-0.15, -0.1) is 0 Å². The molecule has 0 aliphatic carbocycles. The van der Waals surface area contributed by atoms with Crippen LogP contribution in [0.5, 0.6) is 0 Å². The fraction of sp³-hybridized carbons (Fsp3) is 0.222. The lowest BCUT2D eigenvalue weighted by atomic mass is 10.2. The second-order valence-corrected chi connectivity index (χ2v) is 6.71. The molecule has 0 unspecified atom stereocenters. The predicted molar refractivity (Wildman–Crippen MR) is 96.0 cm³/mol. The number of benzene rings is 2. The first-order valence-corrected chi connectivity index (χ1v) is 8.50. The van der Waals surface area contributed by atoms with E-state index in [1.165, 1.54) is 0 Å². The third-order valence-corrected chi connectivity index (χ3v) is 4.93. The lowest BCUT2D eigenvalue weighted by Crippen LogP contribution is -2.19. The van der Waals surface area contributed by atoms with Crippen LogP contribution < -0.4 is 11.4 Å². The highest BCUT2D eigenvalue weighted by atomic mass is 19.2. The van der Waals surface area contributed by atoms with Crippen LogP contribution in [0.3, 0.4) is 0 Å². The second-order valence-electron chi connectivity index (χ2n) is 6.71. The van der Waals surface area contributed by atoms with Gasteiger partial charge >= 0.3 is 11.4 Å². The van der Waals surface area contributed by atoms with Gasteiger partial charge in [0.1, 0.15) is 22.1 Å². The third kappa shape index (κ3) is 2.92. The lowest BCUT2D eigenvalue weighted by molar-refractivity contribution is 0.415. The van der Waals surface area contributed by atoms with E-state index in [2.05, 4.69) is 0 Å². The van der Waals surface area contributed by atoms with E-state index in [1.54, 1.807) is 0 Å². The lowest BCUT2D eigenvalue weighted by Gasteiger charge is -2.01. The maximum Gasteiger partial charge on any atom is 0.328 e. The number of aromatic nitrogens is 4. The molecule has 4 aromatic rings. The molecule has 4 rings (SSSR count). The van der Waals surface area contributed by atoms with Crippen molar-refractivity contribution in [3.63, 3.8) is 0 Å². The molecule has 32 heavy (non-hydrogen) atoms. The number of imidazole rings is 2. The molecule has 0 atom stereocenters. The Kier molecular flexibility index (Phi) is 5.43. The van der Waals surface area contributed by atoms with Crippen molar-refractivity contribution in [2.45, 2.75) is 0 Å². The topological polar surface area (TPSA) is 53.9 Å². The molecule has 0 fully saturated rings. The Balaban J connectivity index is 0.000000181. The third-order valence-electron chi connectivity index (χ3n) is 4.93. The molecule has 0 saturated heterocycles. The van der Waals surface area contributed by atoms with Gasteiger partial charge in [0.15, 0.2) is 46.5 Å². The molecule has 2 aromatic carbocycles. The van der Waals surface area contributed by atoms with Crippen LogP contribution in [0, 0.1) is 46.5 Å². The predicted octanol–water partition coefficient (Wildman–Crippen LogP) is 2.87. The largest absolute Gasteiger partial charge is 0.328 e. The number of nitrogens with zero attached hydrogens (tertiary/aromatic N) is 4. The van der Waals surface area contributed by atoms with Gasteiger partial charge in [0.25, 0.3) is 0 Å². The Labute approximate surface area is 172 Å². The summed E-state index contributed by atoms with van der Waals surface area (Å²) in [5, 5.41) is 0. The molecule has 0 spiro atoms. The normalized spacial score (nSPS) is 11.4. The van der Waals surface area contributed by atoms with E-state index in [1.807, 2.05) is 0 Å². The quantitative estimate of drug-likeness (QED) is 0.227. The zero-order chi connectivity index (χ0) is 24.4. The highest BCUT2D eigenvalue weighted by Gasteiger charge is 2.26. The summed E-state index contributed by atoms with van der Waals surface area (Å²) in [6.07, 6.45) is 0. The molecule has 0 aliphatic rings. The molecule has 0 N–H and O–H groups in total. The maximum atomic E-state index is 13.3. The Morgan fingerprint density at radius 1 is 0.375 bits per heavy atom. The van der Waals surface area contributed by atoms with Gasteiger partial charge in [-0.1, -0.05) is 0 Å². The molecular formula is C18H12F8N4O2. The first kappa shape index (κ1) is 23.1. The van der Waals surface area contributed by atoms with Crippen molar-refractivity contribution in [2.24, 2.45) is 28.2 Å². The van der Waals surface area contributed by atoms with Crippen LogP contribution in [0.1, 0.15) is 0 Å². The minimum absolute atomic E-state index is 0.594. The summed E-state index contributed by atoms with van der Waals surface area (Å²) in [6, 6.07) is 0. The first-order chi connectivity index (χ1) is 14.7. The molecule has 0 saturated carbocycles. The molecule has 2 heterocycles. The van der Waals surface area contributed by atoms with Crippen LogP contribution >= 0.6 is 0 Å². The van der Waals surface area contributed by atoms with Gasteiger partial charge in [0.2, 0.25) is 0 Å². The standard InChI is InChI=1S/2C9H6F4N2O/c2*1-14-7-5(12)3(10)4(11)6(13)8(7)15(2)9(14)16/h2*1-2H3. The van der Waals surface area contributed by atoms with E-state index in [9.17, 15) is 44.7 Å². The van der Waals surface area contributed by atoms with Crippen molar-refractivity contribution in [3.05, 3.63) is 67.5 Å². The molecule has 2 aromatic heterocycles. The summed E-state index contributed by atoms with van der Waals surface area (Å²) in [7, 11) is 4.57. The molecule has 6 nitrogen and oxygen atoms in total. The van der Waals surface area contributed by atoms with Crippen molar-refractivity contribution >= 4 is 22.1 Å². The van der Waals surface area contributed by atoms with Gasteiger partial charge < -0.3 is 0 Å². The minimum atomic E-state index is -1.92. The minimum Gasteiger partial charge on any atom is -0.292 e. The number of hydrogen-bond donors (Lipinski definition) is 0. The van der Waals surface area contributed by atoms with Crippen molar-refractivity contribution in [1.29, 1.82) is 0 Å². The molecule has 0 aliphatic heterocycles. The SMILES string of the molecule is Cn1c(=O)n(C)c2c(F)c(F)c(F)c(F)c21.Cn1c(=O)n(C)c2c(F)c(F)c(F)c(F)c21. The van der Waals surface area contributed by atoms with Crippen molar-refractivity contribution in [3.8, 4) is 0 Å². The van der Waals surface area contributed by atoms with Crippen LogP contribution in [0.2, 0.25) is 0 Å². The Hall–Kier alpha value is -3.58. The summed E-state index contributed by atoms with van der Waals surface area (Å²) < 4.78 is 108. The smallest absolute Gasteiger partial charge is 0.292 e. The zero-order valence-electron chi connectivity index (χ0n) is 16.6. The van der Waals surface area contributed by atoms with Gasteiger partial charge in [0, 0.05) is 28.2 Å². The van der Waals surface area contributed by atoms with Crippen LogP contribution in [-0.2, 0) is 28.2 Å². The maximum absolute atomic E-state index is 13.3. The Morgan fingerprint density at radius 2 is 0.531 bits per heavy atom. The van der Waals surface area contributed by atoms with E-state index in [0.717, 1.165) is 46.5 Å². The molecule has 0 radical (unpaired) electrons. The highest BCUT2D eigenvalue weighted by Crippen LogP contribution is 2.26.